The van der Waals surface area contributed by atoms with Crippen LogP contribution in [0.4, 0.5) is 15.3 Å². The first kappa shape index (κ1) is 43.4. The number of oxime groups is 1. The molecule has 0 aromatic heterocycles. The summed E-state index contributed by atoms with van der Waals surface area (Å²) < 4.78 is 25.1. The molecule has 5 rings (SSSR count). The lowest BCUT2D eigenvalue weighted by Crippen LogP contribution is -2.69. The third-order valence-electron chi connectivity index (χ3n) is 10.8. The molecule has 2 aromatic rings. The smallest absolute Gasteiger partial charge is 0.412 e. The summed E-state index contributed by atoms with van der Waals surface area (Å²) in [6, 6.07) is 10.4. The second-order valence-corrected chi connectivity index (χ2v) is 14.7. The maximum Gasteiger partial charge on any atom is 0.412 e. The maximum absolute atomic E-state index is 13.7. The standard InChI is InChI=1S/C41H53ClN4O11/c1-4-21-54-41-36(45(3)40(50)53-22-18-42)25-34(44-55-26-27-12-14-29(15-13-27)46(51)52)32-23-28(10-6-8-19-47)31(11-7-9-20-48)37(38(32)41)33-24-30(16-17-35(33)57-41)56-39(49)43-5-2/h4,12-17,23-24,28,31,36-38,47-48H,1,5-11,18-22,25-26H2,2-3H3,(H,43,49). The third kappa shape index (κ3) is 10.1. The van der Waals surface area contributed by atoms with E-state index in [9.17, 15) is 29.9 Å². The van der Waals surface area contributed by atoms with Gasteiger partial charge in [-0.05, 0) is 85.9 Å². The van der Waals surface area contributed by atoms with E-state index in [1.807, 2.05) is 6.07 Å². The van der Waals surface area contributed by atoms with Crippen LogP contribution in [0, 0.1) is 27.9 Å². The highest BCUT2D eigenvalue weighted by Gasteiger charge is 2.65. The number of carbonyl (C=O) groups is 2. The van der Waals surface area contributed by atoms with E-state index in [0.29, 0.717) is 42.2 Å². The summed E-state index contributed by atoms with van der Waals surface area (Å²) in [6.07, 6.45) is 6.86. The summed E-state index contributed by atoms with van der Waals surface area (Å²) >= 11 is 5.91. The van der Waals surface area contributed by atoms with E-state index in [1.165, 1.54) is 17.0 Å². The third-order valence-corrected chi connectivity index (χ3v) is 10.9. The normalized spacial score (nSPS) is 23.9. The van der Waals surface area contributed by atoms with E-state index in [2.05, 4.69) is 18.0 Å². The van der Waals surface area contributed by atoms with Gasteiger partial charge in [0.05, 0.1) is 29.0 Å². The Hall–Kier alpha value is -4.70. The van der Waals surface area contributed by atoms with Crippen molar-refractivity contribution in [3.8, 4) is 11.5 Å². The summed E-state index contributed by atoms with van der Waals surface area (Å²) in [7, 11) is 1.61. The van der Waals surface area contributed by atoms with Crippen LogP contribution in [-0.2, 0) is 20.9 Å². The number of aliphatic hydroxyl groups excluding tert-OH is 2. The number of hydrogen-bond acceptors (Lipinski definition) is 12. The van der Waals surface area contributed by atoms with Crippen molar-refractivity contribution in [1.82, 2.24) is 10.2 Å². The van der Waals surface area contributed by atoms with E-state index in [1.54, 1.807) is 44.3 Å². The van der Waals surface area contributed by atoms with Crippen LogP contribution in [0.5, 0.6) is 11.5 Å². The minimum atomic E-state index is -1.50. The molecular formula is C41H53ClN4O11. The molecule has 0 radical (unpaired) electrons. The zero-order valence-electron chi connectivity index (χ0n) is 32.5. The monoisotopic (exact) mass is 812 g/mol. The SMILES string of the molecule is C=CCOC12Oc3ccc(OC(=O)NCC)cc3C3C(CCCCO)C(CCCCO)C=C(C(=NOCc4ccc([N+](=O)[O-])cc4)CC1N(C)C(=O)OCCCl)C32. The fourth-order valence-electron chi connectivity index (χ4n) is 8.33. The van der Waals surface area contributed by atoms with Gasteiger partial charge in [0.15, 0.2) is 0 Å². The van der Waals surface area contributed by atoms with Crippen molar-refractivity contribution in [1.29, 1.82) is 0 Å². The number of rotatable bonds is 20. The van der Waals surface area contributed by atoms with Crippen LogP contribution in [0.3, 0.4) is 0 Å². The number of non-ortho nitro benzene ring substituents is 1. The molecule has 0 spiro atoms. The molecule has 6 unspecified atom stereocenters. The Morgan fingerprint density at radius 1 is 1.14 bits per heavy atom. The van der Waals surface area contributed by atoms with Crippen molar-refractivity contribution in [2.75, 3.05) is 45.9 Å². The summed E-state index contributed by atoms with van der Waals surface area (Å²) in [5.74, 6) is -1.60. The number of benzene rings is 2. The maximum atomic E-state index is 13.7. The Kier molecular flexibility index (Phi) is 15.7. The van der Waals surface area contributed by atoms with Crippen molar-refractivity contribution in [3.63, 3.8) is 0 Å². The number of alkyl halides is 1. The molecule has 0 bridgehead atoms. The first-order valence-corrected chi connectivity index (χ1v) is 20.0. The molecule has 57 heavy (non-hydrogen) atoms. The summed E-state index contributed by atoms with van der Waals surface area (Å²) in [4.78, 5) is 44.5. The number of halogens is 1. The van der Waals surface area contributed by atoms with Gasteiger partial charge in [0.2, 0.25) is 5.79 Å². The number of fused-ring (bicyclic) bond motifs is 2. The Bertz CT molecular complexity index is 1770. The van der Waals surface area contributed by atoms with Gasteiger partial charge in [-0.25, -0.2) is 9.59 Å². The van der Waals surface area contributed by atoms with Crippen LogP contribution < -0.4 is 14.8 Å². The molecule has 1 aliphatic heterocycles. The van der Waals surface area contributed by atoms with Crippen molar-refractivity contribution in [2.24, 2.45) is 22.9 Å². The molecule has 1 saturated carbocycles. The number of nitro groups is 1. The lowest BCUT2D eigenvalue weighted by atomic mass is 9.55. The number of aliphatic hydroxyl groups is 2. The predicted octanol–water partition coefficient (Wildman–Crippen LogP) is 6.84. The Morgan fingerprint density at radius 2 is 1.88 bits per heavy atom. The number of nitrogens with zero attached hydrogens (tertiary/aromatic N) is 3. The van der Waals surface area contributed by atoms with E-state index < -0.39 is 34.9 Å². The summed E-state index contributed by atoms with van der Waals surface area (Å²) in [6.45, 7) is 6.26. The number of ether oxygens (including phenoxy) is 4. The number of allylic oxidation sites excluding steroid dienone is 1. The second-order valence-electron chi connectivity index (χ2n) is 14.3. The number of carbonyl (C=O) groups excluding carboxylic acids is 2. The van der Waals surface area contributed by atoms with Gasteiger partial charge in [0, 0.05) is 56.8 Å². The van der Waals surface area contributed by atoms with Gasteiger partial charge in [-0.1, -0.05) is 30.1 Å². The van der Waals surface area contributed by atoms with Gasteiger partial charge < -0.3 is 44.2 Å². The van der Waals surface area contributed by atoms with Gasteiger partial charge in [0.25, 0.3) is 5.69 Å². The number of nitrogens with one attached hydrogen (secondary N) is 1. The first-order valence-electron chi connectivity index (χ1n) is 19.5. The lowest BCUT2D eigenvalue weighted by Gasteiger charge is -2.59. The number of amides is 2. The molecule has 2 aromatic carbocycles. The van der Waals surface area contributed by atoms with Gasteiger partial charge in [-0.15, -0.1) is 18.2 Å². The molecule has 0 saturated heterocycles. The molecule has 1 fully saturated rings. The predicted molar refractivity (Wildman–Crippen MR) is 212 cm³/mol. The van der Waals surface area contributed by atoms with Crippen LogP contribution in [0.25, 0.3) is 0 Å². The van der Waals surface area contributed by atoms with Crippen LogP contribution in [0.15, 0.2) is 71.9 Å². The molecule has 6 atom stereocenters. The Balaban J connectivity index is 1.71. The first-order chi connectivity index (χ1) is 27.6. The highest BCUT2D eigenvalue weighted by molar-refractivity contribution is 6.18. The lowest BCUT2D eigenvalue weighted by molar-refractivity contribution is -0.384. The molecule has 3 N–H and O–H groups in total. The molecule has 310 valence electrons. The van der Waals surface area contributed by atoms with Crippen LogP contribution in [0.1, 0.15) is 68.9 Å². The number of nitro benzene ring substituents is 1. The number of likely N-dealkylation sites (N-methyl/N-ethyl adjacent to an activating group) is 1. The zero-order valence-corrected chi connectivity index (χ0v) is 33.2. The van der Waals surface area contributed by atoms with E-state index in [4.69, 9.17) is 40.5 Å². The van der Waals surface area contributed by atoms with E-state index in [-0.39, 0.29) is 68.8 Å². The Labute approximate surface area is 337 Å². The van der Waals surface area contributed by atoms with E-state index >= 15 is 0 Å². The van der Waals surface area contributed by atoms with Crippen molar-refractivity contribution in [3.05, 3.63) is 88.0 Å². The van der Waals surface area contributed by atoms with Gasteiger partial charge in [-0.3, -0.25) is 10.1 Å². The average molecular weight is 813 g/mol. The number of unbranched alkanes of at least 4 members (excludes halogenated alkanes) is 2. The largest absolute Gasteiger partial charge is 0.459 e. The van der Waals surface area contributed by atoms with Gasteiger partial charge >= 0.3 is 12.2 Å². The van der Waals surface area contributed by atoms with Crippen LogP contribution in [0.2, 0.25) is 0 Å². The molecule has 15 nitrogen and oxygen atoms in total. The fraction of sp³-hybridized carbons (Fsp3) is 0.537. The summed E-state index contributed by atoms with van der Waals surface area (Å²) in [5.41, 5.74) is 2.76. The van der Waals surface area contributed by atoms with Crippen molar-refractivity contribution in [2.45, 2.75) is 76.2 Å². The van der Waals surface area contributed by atoms with Crippen molar-refractivity contribution >= 4 is 35.2 Å². The second kappa shape index (κ2) is 20.6. The van der Waals surface area contributed by atoms with Crippen molar-refractivity contribution < 1.29 is 48.5 Å². The van der Waals surface area contributed by atoms with Crippen LogP contribution in [-0.4, -0.2) is 95.7 Å². The van der Waals surface area contributed by atoms with Gasteiger partial charge in [-0.2, -0.15) is 0 Å². The quantitative estimate of drug-likeness (QED) is 0.0417. The van der Waals surface area contributed by atoms with E-state index in [0.717, 1.165) is 36.8 Å². The highest BCUT2D eigenvalue weighted by atomic mass is 35.5. The summed E-state index contributed by atoms with van der Waals surface area (Å²) in [5, 5.41) is 38.2. The molecule has 2 amide bonds. The topological polar surface area (TPSA) is 192 Å². The highest BCUT2D eigenvalue weighted by Crippen LogP contribution is 2.61. The zero-order chi connectivity index (χ0) is 41.0. The minimum absolute atomic E-state index is 0.0167. The molecule has 16 heteroatoms. The molecule has 2 aliphatic carbocycles. The fourth-order valence-corrected chi connectivity index (χ4v) is 8.41. The average Bonchev–Trinajstić information content (AvgIpc) is 3.20. The minimum Gasteiger partial charge on any atom is -0.459 e. The molecular weight excluding hydrogens is 760 g/mol. The molecule has 3 aliphatic rings. The Morgan fingerprint density at radius 3 is 2.54 bits per heavy atom. The number of hydrogen-bond donors (Lipinski definition) is 3. The van der Waals surface area contributed by atoms with Gasteiger partial charge in [0.1, 0.15) is 30.8 Å². The molecule has 1 heterocycles. The van der Waals surface area contributed by atoms with Crippen LogP contribution >= 0.6 is 11.6 Å².